The first-order chi connectivity index (χ1) is 19.2. The smallest absolute Gasteiger partial charge is 0.264 e. The Hall–Kier alpha value is -3.50. The highest BCUT2D eigenvalue weighted by molar-refractivity contribution is 7.98. The number of hydrogen-bond acceptors (Lipinski definition) is 6. The number of methoxy groups -OCH3 is 1. The third-order valence-corrected chi connectivity index (χ3v) is 8.93. The van der Waals surface area contributed by atoms with Gasteiger partial charge in [0.05, 0.1) is 17.7 Å². The number of sulfonamides is 1. The third-order valence-electron chi connectivity index (χ3n) is 6.40. The van der Waals surface area contributed by atoms with Crippen molar-refractivity contribution in [3.8, 4) is 5.75 Å². The zero-order valence-corrected chi connectivity index (χ0v) is 26.3. The summed E-state index contributed by atoms with van der Waals surface area (Å²) in [5.41, 5.74) is 1.53. The number of benzene rings is 3. The Balaban J connectivity index is 2.04. The molecular weight excluding hydrogens is 558 g/mol. The number of aryl methyl sites for hydroxylation is 1. The molecule has 3 aromatic rings. The molecule has 0 aliphatic carbocycles. The molecule has 0 saturated carbocycles. The van der Waals surface area contributed by atoms with Gasteiger partial charge in [0.1, 0.15) is 18.3 Å². The summed E-state index contributed by atoms with van der Waals surface area (Å²) < 4.78 is 34.4. The van der Waals surface area contributed by atoms with Crippen molar-refractivity contribution < 1.29 is 22.7 Å². The normalized spacial score (nSPS) is 12.4. The number of amides is 2. The van der Waals surface area contributed by atoms with Crippen molar-refractivity contribution in [1.29, 1.82) is 0 Å². The van der Waals surface area contributed by atoms with Gasteiger partial charge in [-0.1, -0.05) is 29.8 Å². The lowest BCUT2D eigenvalue weighted by Gasteiger charge is -2.33. The van der Waals surface area contributed by atoms with E-state index in [1.54, 1.807) is 80.8 Å². The summed E-state index contributed by atoms with van der Waals surface area (Å²) in [6.45, 7) is 8.72. The molecule has 8 nitrogen and oxygen atoms in total. The van der Waals surface area contributed by atoms with Crippen molar-refractivity contribution in [3.05, 3.63) is 83.9 Å². The fourth-order valence-corrected chi connectivity index (χ4v) is 5.96. The molecule has 1 unspecified atom stereocenters. The molecule has 0 fully saturated rings. The molecule has 0 spiro atoms. The first-order valence-corrected chi connectivity index (χ1v) is 15.9. The van der Waals surface area contributed by atoms with Crippen LogP contribution in [0.3, 0.4) is 0 Å². The second kappa shape index (κ2) is 13.4. The number of thioether (sulfide) groups is 1. The summed E-state index contributed by atoms with van der Waals surface area (Å²) in [6.07, 6.45) is 1.91. The zero-order chi connectivity index (χ0) is 30.4. The molecule has 0 heterocycles. The average molecular weight is 598 g/mol. The van der Waals surface area contributed by atoms with E-state index >= 15 is 0 Å². The van der Waals surface area contributed by atoms with Gasteiger partial charge in [-0.25, -0.2) is 8.42 Å². The van der Waals surface area contributed by atoms with Gasteiger partial charge in [0, 0.05) is 17.0 Å². The van der Waals surface area contributed by atoms with E-state index in [9.17, 15) is 18.0 Å². The summed E-state index contributed by atoms with van der Waals surface area (Å²) in [7, 11) is -2.57. The van der Waals surface area contributed by atoms with Crippen LogP contribution in [-0.2, 0) is 26.2 Å². The van der Waals surface area contributed by atoms with Gasteiger partial charge in [0.15, 0.2) is 0 Å². The van der Waals surface area contributed by atoms with Crippen molar-refractivity contribution in [2.24, 2.45) is 0 Å². The molecule has 0 aliphatic rings. The van der Waals surface area contributed by atoms with Crippen LogP contribution in [0, 0.1) is 6.92 Å². The SMILES string of the molecule is COc1cccc(CN(C(=O)CN(c2ccc(C)cc2)S(=O)(=O)c2ccc(SC)cc2)C(C)C(=O)NC(C)(C)C)c1. The molecule has 10 heteroatoms. The van der Waals surface area contributed by atoms with E-state index in [-0.39, 0.29) is 17.3 Å². The fraction of sp³-hybridized carbons (Fsp3) is 0.355. The van der Waals surface area contributed by atoms with E-state index in [0.29, 0.717) is 11.4 Å². The quantitative estimate of drug-likeness (QED) is 0.303. The zero-order valence-electron chi connectivity index (χ0n) is 24.7. The van der Waals surface area contributed by atoms with Gasteiger partial charge in [-0.15, -0.1) is 11.8 Å². The summed E-state index contributed by atoms with van der Waals surface area (Å²) in [5, 5.41) is 2.93. The van der Waals surface area contributed by atoms with E-state index in [4.69, 9.17) is 4.74 Å². The first-order valence-electron chi connectivity index (χ1n) is 13.2. The Bertz CT molecular complexity index is 1450. The monoisotopic (exact) mass is 597 g/mol. The van der Waals surface area contributed by atoms with Crippen LogP contribution in [0.4, 0.5) is 5.69 Å². The predicted octanol–water partition coefficient (Wildman–Crippen LogP) is 5.25. The van der Waals surface area contributed by atoms with Crippen molar-refractivity contribution in [3.63, 3.8) is 0 Å². The van der Waals surface area contributed by atoms with Gasteiger partial charge in [-0.05, 0) is 95.0 Å². The number of nitrogens with zero attached hydrogens (tertiary/aromatic N) is 2. The minimum Gasteiger partial charge on any atom is -0.497 e. The molecule has 0 aliphatic heterocycles. The number of rotatable bonds is 11. The van der Waals surface area contributed by atoms with Crippen LogP contribution in [0.1, 0.15) is 38.8 Å². The van der Waals surface area contributed by atoms with Crippen LogP contribution in [0.5, 0.6) is 5.75 Å². The van der Waals surface area contributed by atoms with Crippen molar-refractivity contribution >= 4 is 39.3 Å². The summed E-state index contributed by atoms with van der Waals surface area (Å²) in [4.78, 5) is 29.7. The molecule has 41 heavy (non-hydrogen) atoms. The largest absolute Gasteiger partial charge is 0.497 e. The van der Waals surface area contributed by atoms with E-state index in [1.165, 1.54) is 16.7 Å². The van der Waals surface area contributed by atoms with Gasteiger partial charge < -0.3 is 15.0 Å². The Labute approximate surface area is 248 Å². The molecule has 2 amide bonds. The minimum atomic E-state index is -4.12. The third kappa shape index (κ3) is 8.50. The second-order valence-electron chi connectivity index (χ2n) is 10.8. The van der Waals surface area contributed by atoms with E-state index < -0.39 is 34.1 Å². The lowest BCUT2D eigenvalue weighted by Crippen LogP contribution is -2.54. The molecule has 3 aromatic carbocycles. The van der Waals surface area contributed by atoms with E-state index in [2.05, 4.69) is 5.32 Å². The summed E-state index contributed by atoms with van der Waals surface area (Å²) in [5.74, 6) is -0.250. The first kappa shape index (κ1) is 32.0. The molecule has 1 N–H and O–H groups in total. The standard InChI is InChI=1S/C31H39N3O5S2/c1-22-11-13-25(14-12-22)34(41(37,38)28-17-15-27(40-7)16-18-28)21-29(35)33(23(2)30(36)32-31(3,4)5)20-24-9-8-10-26(19-24)39-6/h8-19,23H,20-21H2,1-7H3,(H,32,36). The lowest BCUT2D eigenvalue weighted by atomic mass is 10.1. The fourth-order valence-electron chi connectivity index (χ4n) is 4.14. The number of ether oxygens (including phenoxy) is 1. The van der Waals surface area contributed by atoms with E-state index in [1.807, 2.05) is 40.0 Å². The topological polar surface area (TPSA) is 96.0 Å². The van der Waals surface area contributed by atoms with Crippen LogP contribution < -0.4 is 14.4 Å². The highest BCUT2D eigenvalue weighted by atomic mass is 32.2. The maximum absolute atomic E-state index is 14.0. The Kier molecular flexibility index (Phi) is 10.5. The van der Waals surface area contributed by atoms with Crippen LogP contribution in [-0.4, -0.2) is 56.6 Å². The number of carbonyl (C=O) groups excluding carboxylic acids is 2. The lowest BCUT2D eigenvalue weighted by molar-refractivity contribution is -0.140. The second-order valence-corrected chi connectivity index (χ2v) is 13.6. The van der Waals surface area contributed by atoms with Crippen LogP contribution in [0.15, 0.2) is 82.6 Å². The van der Waals surface area contributed by atoms with E-state index in [0.717, 1.165) is 20.3 Å². The highest BCUT2D eigenvalue weighted by Crippen LogP contribution is 2.27. The van der Waals surface area contributed by atoms with Gasteiger partial charge in [-0.2, -0.15) is 0 Å². The molecule has 0 bridgehead atoms. The number of carbonyl (C=O) groups is 2. The Morgan fingerprint density at radius 2 is 1.63 bits per heavy atom. The Morgan fingerprint density at radius 3 is 2.20 bits per heavy atom. The van der Waals surface area contributed by atoms with Crippen LogP contribution in [0.2, 0.25) is 0 Å². The van der Waals surface area contributed by atoms with Gasteiger partial charge >= 0.3 is 0 Å². The molecule has 0 aromatic heterocycles. The molecule has 1 atom stereocenters. The van der Waals surface area contributed by atoms with Crippen molar-refractivity contribution in [2.45, 2.75) is 62.5 Å². The number of anilines is 1. The minimum absolute atomic E-state index is 0.0709. The van der Waals surface area contributed by atoms with Crippen molar-refractivity contribution in [2.75, 3.05) is 24.2 Å². The van der Waals surface area contributed by atoms with Crippen molar-refractivity contribution in [1.82, 2.24) is 10.2 Å². The molecule has 3 rings (SSSR count). The predicted molar refractivity (Wildman–Crippen MR) is 165 cm³/mol. The molecule has 0 saturated heterocycles. The molecule has 0 radical (unpaired) electrons. The van der Waals surface area contributed by atoms with Gasteiger partial charge in [0.2, 0.25) is 11.8 Å². The maximum atomic E-state index is 14.0. The van der Waals surface area contributed by atoms with Gasteiger partial charge in [-0.3, -0.25) is 13.9 Å². The number of nitrogens with one attached hydrogen (secondary N) is 1. The average Bonchev–Trinajstić information content (AvgIpc) is 2.93. The molecular formula is C31H39N3O5S2. The summed E-state index contributed by atoms with van der Waals surface area (Å²) in [6, 6.07) is 19.8. The van der Waals surface area contributed by atoms with Crippen LogP contribution >= 0.6 is 11.8 Å². The highest BCUT2D eigenvalue weighted by Gasteiger charge is 2.33. The van der Waals surface area contributed by atoms with Crippen LogP contribution in [0.25, 0.3) is 0 Å². The number of hydrogen-bond donors (Lipinski definition) is 1. The Morgan fingerprint density at radius 1 is 1.00 bits per heavy atom. The maximum Gasteiger partial charge on any atom is 0.264 e. The molecule has 220 valence electrons. The summed E-state index contributed by atoms with van der Waals surface area (Å²) >= 11 is 1.51. The van der Waals surface area contributed by atoms with Gasteiger partial charge in [0.25, 0.3) is 10.0 Å².